The average molecular weight is 471 g/mol. The van der Waals surface area contributed by atoms with Crippen LogP contribution < -0.4 is 0 Å². The maximum Gasteiger partial charge on any atom is 0.338 e. The molecule has 32 heavy (non-hydrogen) atoms. The van der Waals surface area contributed by atoms with E-state index in [-0.39, 0.29) is 39.5 Å². The zero-order valence-electron chi connectivity index (χ0n) is 20.2. The van der Waals surface area contributed by atoms with Crippen molar-refractivity contribution in [3.8, 4) is 0 Å². The number of ether oxygens (including phenoxy) is 2. The predicted molar refractivity (Wildman–Crippen MR) is 124 cm³/mol. The van der Waals surface area contributed by atoms with E-state index in [1.165, 1.54) is 14.2 Å². The van der Waals surface area contributed by atoms with Crippen molar-refractivity contribution in [1.29, 1.82) is 0 Å². The van der Waals surface area contributed by atoms with Crippen molar-refractivity contribution in [3.63, 3.8) is 0 Å². The molecule has 0 amide bonds. The molecule has 1 atom stereocenters. The van der Waals surface area contributed by atoms with Crippen LogP contribution in [-0.4, -0.2) is 39.1 Å². The fraction of sp³-hybridized carbons (Fsp3) is 0.667. The van der Waals surface area contributed by atoms with Gasteiger partial charge in [-0.15, -0.1) is 0 Å². The molecule has 0 radical (unpaired) electrons. The SMILES string of the molecule is CCCCc1c(C(=O)OC)c(CCCC)c(S(=O)(=O)O)c(C(CC)CCC)c1C(=O)OC. The number of benzene rings is 1. The molecule has 1 N–H and O–H groups in total. The average Bonchev–Trinajstić information content (AvgIpc) is 2.76. The summed E-state index contributed by atoms with van der Waals surface area (Å²) in [7, 11) is -2.30. The van der Waals surface area contributed by atoms with Gasteiger partial charge in [-0.25, -0.2) is 9.59 Å². The van der Waals surface area contributed by atoms with Gasteiger partial charge in [-0.3, -0.25) is 4.55 Å². The van der Waals surface area contributed by atoms with Crippen LogP contribution in [0.5, 0.6) is 0 Å². The van der Waals surface area contributed by atoms with Gasteiger partial charge in [0.05, 0.1) is 25.3 Å². The lowest BCUT2D eigenvalue weighted by Gasteiger charge is -2.27. The molecule has 1 unspecified atom stereocenters. The maximum absolute atomic E-state index is 13.1. The number of rotatable bonds is 13. The van der Waals surface area contributed by atoms with Crippen molar-refractivity contribution in [2.45, 2.75) is 96.3 Å². The Kier molecular flexibility index (Phi) is 11.4. The van der Waals surface area contributed by atoms with Crippen LogP contribution in [0.1, 0.15) is 116 Å². The van der Waals surface area contributed by atoms with Gasteiger partial charge in [0.2, 0.25) is 0 Å². The lowest BCUT2D eigenvalue weighted by Crippen LogP contribution is -2.24. The Bertz CT molecular complexity index is 904. The number of methoxy groups -OCH3 is 2. The van der Waals surface area contributed by atoms with Crippen molar-refractivity contribution in [2.24, 2.45) is 0 Å². The second kappa shape index (κ2) is 12.9. The van der Waals surface area contributed by atoms with Gasteiger partial charge in [-0.1, -0.05) is 47.0 Å². The number of hydrogen-bond donors (Lipinski definition) is 1. The summed E-state index contributed by atoms with van der Waals surface area (Å²) in [4.78, 5) is 25.7. The highest BCUT2D eigenvalue weighted by Crippen LogP contribution is 2.41. The van der Waals surface area contributed by atoms with E-state index >= 15 is 0 Å². The summed E-state index contributed by atoms with van der Waals surface area (Å²) in [5.74, 6) is -1.72. The molecule has 0 heterocycles. The van der Waals surface area contributed by atoms with Crippen LogP contribution in [0.2, 0.25) is 0 Å². The normalized spacial score (nSPS) is 12.5. The predicted octanol–water partition coefficient (Wildman–Crippen LogP) is 5.49. The highest BCUT2D eigenvalue weighted by Gasteiger charge is 2.37. The first kappa shape index (κ1) is 28.1. The second-order valence-electron chi connectivity index (χ2n) is 8.01. The molecular weight excluding hydrogens is 432 g/mol. The lowest BCUT2D eigenvalue weighted by molar-refractivity contribution is 0.0593. The summed E-state index contributed by atoms with van der Waals surface area (Å²) in [6.07, 6.45) is 5.50. The molecule has 0 bridgehead atoms. The first-order valence-corrected chi connectivity index (χ1v) is 12.9. The molecule has 1 rings (SSSR count). The molecule has 0 fully saturated rings. The fourth-order valence-corrected chi connectivity index (χ4v) is 5.39. The Morgan fingerprint density at radius 2 is 1.34 bits per heavy atom. The number of carbonyl (C=O) groups is 2. The van der Waals surface area contributed by atoms with E-state index in [4.69, 9.17) is 9.47 Å². The van der Waals surface area contributed by atoms with Gasteiger partial charge >= 0.3 is 11.9 Å². The molecule has 0 saturated carbocycles. The molecule has 0 aliphatic carbocycles. The Morgan fingerprint density at radius 1 is 0.844 bits per heavy atom. The first-order valence-electron chi connectivity index (χ1n) is 11.5. The first-order chi connectivity index (χ1) is 15.1. The monoisotopic (exact) mass is 470 g/mol. The zero-order valence-corrected chi connectivity index (χ0v) is 21.1. The molecule has 1 aromatic carbocycles. The van der Waals surface area contributed by atoms with Crippen LogP contribution in [-0.2, 0) is 32.4 Å². The smallest absolute Gasteiger partial charge is 0.338 e. The zero-order chi connectivity index (χ0) is 24.5. The van der Waals surface area contributed by atoms with Crippen molar-refractivity contribution in [3.05, 3.63) is 27.8 Å². The number of carbonyl (C=O) groups excluding carboxylic acids is 2. The lowest BCUT2D eigenvalue weighted by atomic mass is 9.80. The molecule has 7 nitrogen and oxygen atoms in total. The van der Waals surface area contributed by atoms with E-state index in [0.29, 0.717) is 37.7 Å². The van der Waals surface area contributed by atoms with E-state index in [0.717, 1.165) is 19.3 Å². The van der Waals surface area contributed by atoms with Gasteiger partial charge in [0.15, 0.2) is 0 Å². The summed E-state index contributed by atoms with van der Waals surface area (Å²) in [6, 6.07) is 0. The topological polar surface area (TPSA) is 107 Å². The minimum atomic E-state index is -4.75. The van der Waals surface area contributed by atoms with Crippen LogP contribution in [0.15, 0.2) is 4.90 Å². The molecule has 0 aromatic heterocycles. The fourth-order valence-electron chi connectivity index (χ4n) is 4.32. The largest absolute Gasteiger partial charge is 0.465 e. The molecule has 0 spiro atoms. The molecule has 1 aromatic rings. The van der Waals surface area contributed by atoms with Gasteiger partial charge in [0, 0.05) is 0 Å². The van der Waals surface area contributed by atoms with E-state index < -0.39 is 22.1 Å². The third-order valence-corrected chi connectivity index (χ3v) is 6.81. The summed E-state index contributed by atoms with van der Waals surface area (Å²) in [5, 5.41) is 0. The Labute approximate surface area is 192 Å². The molecule has 0 saturated heterocycles. The highest BCUT2D eigenvalue weighted by molar-refractivity contribution is 7.86. The molecule has 0 aliphatic rings. The Balaban J connectivity index is 4.41. The number of hydrogen-bond acceptors (Lipinski definition) is 6. The summed E-state index contributed by atoms with van der Waals surface area (Å²) < 4.78 is 46.0. The Hall–Kier alpha value is -1.93. The van der Waals surface area contributed by atoms with Crippen molar-refractivity contribution >= 4 is 22.1 Å². The van der Waals surface area contributed by atoms with Gasteiger partial charge in [0.25, 0.3) is 10.1 Å². The van der Waals surface area contributed by atoms with E-state index in [1.54, 1.807) is 0 Å². The Morgan fingerprint density at radius 3 is 1.75 bits per heavy atom. The van der Waals surface area contributed by atoms with Gasteiger partial charge in [-0.2, -0.15) is 8.42 Å². The number of esters is 2. The van der Waals surface area contributed by atoms with Gasteiger partial charge in [-0.05, 0) is 61.1 Å². The van der Waals surface area contributed by atoms with Crippen molar-refractivity contribution < 1.29 is 32.0 Å². The van der Waals surface area contributed by atoms with Crippen LogP contribution in [0.4, 0.5) is 0 Å². The van der Waals surface area contributed by atoms with E-state index in [1.807, 2.05) is 27.7 Å². The third kappa shape index (κ3) is 6.32. The second-order valence-corrected chi connectivity index (χ2v) is 9.37. The van der Waals surface area contributed by atoms with Crippen molar-refractivity contribution in [1.82, 2.24) is 0 Å². The summed E-state index contributed by atoms with van der Waals surface area (Å²) >= 11 is 0. The molecule has 8 heteroatoms. The third-order valence-electron chi connectivity index (χ3n) is 5.83. The quantitative estimate of drug-likeness (QED) is 0.300. The van der Waals surface area contributed by atoms with Crippen LogP contribution in [0.3, 0.4) is 0 Å². The van der Waals surface area contributed by atoms with Crippen LogP contribution in [0.25, 0.3) is 0 Å². The number of unbranched alkanes of at least 4 members (excludes halogenated alkanes) is 2. The molecular formula is C24H38O7S. The standard InChI is InChI=1S/C24H38O7S/c1-7-11-14-17-20(23(25)30-5)18(15-12-8-2)22(32(27,28)29)19(16(10-4)13-9-3)21(17)24(26)31-6/h16H,7-15H2,1-6H3,(H,27,28,29). The van der Waals surface area contributed by atoms with Crippen LogP contribution in [0, 0.1) is 0 Å². The van der Waals surface area contributed by atoms with Gasteiger partial charge in [0.1, 0.15) is 4.90 Å². The van der Waals surface area contributed by atoms with Crippen LogP contribution >= 0.6 is 0 Å². The minimum absolute atomic E-state index is 0.0672. The van der Waals surface area contributed by atoms with Gasteiger partial charge < -0.3 is 9.47 Å². The van der Waals surface area contributed by atoms with Crippen molar-refractivity contribution in [2.75, 3.05) is 14.2 Å². The molecule has 182 valence electrons. The van der Waals surface area contributed by atoms with E-state index in [2.05, 4.69) is 0 Å². The summed E-state index contributed by atoms with van der Waals surface area (Å²) in [6.45, 7) is 7.85. The maximum atomic E-state index is 13.1. The summed E-state index contributed by atoms with van der Waals surface area (Å²) in [5.41, 5.74) is 1.11. The molecule has 0 aliphatic heterocycles. The minimum Gasteiger partial charge on any atom is -0.465 e. The van der Waals surface area contributed by atoms with E-state index in [9.17, 15) is 22.6 Å². The highest BCUT2D eigenvalue weighted by atomic mass is 32.2.